The number of nitro benzene ring substituents is 1. The van der Waals surface area contributed by atoms with Gasteiger partial charge in [-0.3, -0.25) is 15.0 Å². The summed E-state index contributed by atoms with van der Waals surface area (Å²) < 4.78 is 4.57. The average molecular weight is 259 g/mol. The fraction of sp³-hybridized carbons (Fsp3) is 0.167. The third kappa shape index (κ3) is 1.99. The predicted molar refractivity (Wildman–Crippen MR) is 64.7 cm³/mol. The molecule has 0 saturated heterocycles. The number of carbonyl (C=O) groups excluding carboxylic acids is 1. The van der Waals surface area contributed by atoms with Gasteiger partial charge in [0.2, 0.25) is 0 Å². The summed E-state index contributed by atoms with van der Waals surface area (Å²) in [5, 5.41) is 20.1. The van der Waals surface area contributed by atoms with Crippen LogP contribution in [0.25, 0.3) is 6.08 Å². The first-order valence-corrected chi connectivity index (χ1v) is 5.31. The number of benzene rings is 1. The molecule has 7 nitrogen and oxygen atoms in total. The van der Waals surface area contributed by atoms with Gasteiger partial charge in [-0.15, -0.1) is 0 Å². The molecule has 1 heterocycles. The van der Waals surface area contributed by atoms with Crippen molar-refractivity contribution in [3.05, 3.63) is 45.6 Å². The highest BCUT2D eigenvalue weighted by Crippen LogP contribution is 2.35. The van der Waals surface area contributed by atoms with Crippen LogP contribution in [0.2, 0.25) is 0 Å². The topological polar surface area (TPSA) is 96.5 Å². The number of nitrogens with zero attached hydrogens (tertiary/aromatic N) is 3. The minimum Gasteiger partial charge on any atom is -0.452 e. The number of carbonyl (C=O) groups is 1. The maximum Gasteiger partial charge on any atom is 0.414 e. The molecule has 7 heteroatoms. The van der Waals surface area contributed by atoms with E-state index < -0.39 is 17.1 Å². The Bertz CT molecular complexity index is 618. The summed E-state index contributed by atoms with van der Waals surface area (Å²) in [5.74, 6) is 0. The van der Waals surface area contributed by atoms with Gasteiger partial charge in [0.25, 0.3) is 5.69 Å². The van der Waals surface area contributed by atoms with Crippen molar-refractivity contribution in [2.75, 3.05) is 7.11 Å². The van der Waals surface area contributed by atoms with Gasteiger partial charge in [0.05, 0.1) is 23.7 Å². The van der Waals surface area contributed by atoms with E-state index in [2.05, 4.69) is 4.74 Å². The van der Waals surface area contributed by atoms with Crippen molar-refractivity contribution in [1.29, 1.82) is 5.26 Å². The molecule has 0 unspecified atom stereocenters. The zero-order valence-electron chi connectivity index (χ0n) is 9.94. The van der Waals surface area contributed by atoms with Crippen LogP contribution in [0, 0.1) is 21.4 Å². The normalized spacial score (nSPS) is 16.4. The van der Waals surface area contributed by atoms with Crippen molar-refractivity contribution in [3.63, 3.8) is 0 Å². The molecule has 0 N–H and O–H groups in total. The molecule has 0 bridgehead atoms. The molecule has 1 atom stereocenters. The molecule has 1 amide bonds. The smallest absolute Gasteiger partial charge is 0.414 e. The van der Waals surface area contributed by atoms with Gasteiger partial charge in [-0.05, 0) is 6.08 Å². The number of rotatable bonds is 1. The van der Waals surface area contributed by atoms with Gasteiger partial charge in [-0.1, -0.05) is 12.1 Å². The molecule has 0 fully saturated rings. The Morgan fingerprint density at radius 2 is 2.32 bits per heavy atom. The van der Waals surface area contributed by atoms with E-state index in [4.69, 9.17) is 0 Å². The molecule has 1 aliphatic rings. The van der Waals surface area contributed by atoms with Gasteiger partial charge >= 0.3 is 6.09 Å². The summed E-state index contributed by atoms with van der Waals surface area (Å²) in [5.41, 5.74) is 0.641. The van der Waals surface area contributed by atoms with Gasteiger partial charge in [0.15, 0.2) is 6.04 Å². The summed E-state index contributed by atoms with van der Waals surface area (Å²) in [6, 6.07) is 5.42. The van der Waals surface area contributed by atoms with Crippen LogP contribution in [-0.2, 0) is 4.74 Å². The van der Waals surface area contributed by atoms with Crippen molar-refractivity contribution >= 4 is 17.9 Å². The maximum atomic E-state index is 11.5. The molecule has 0 spiro atoms. The molecule has 96 valence electrons. The predicted octanol–water partition coefficient (Wildman–Crippen LogP) is 2.21. The average Bonchev–Trinajstić information content (AvgIpc) is 2.44. The second kappa shape index (κ2) is 4.78. The summed E-state index contributed by atoms with van der Waals surface area (Å²) in [4.78, 5) is 23.0. The van der Waals surface area contributed by atoms with Crippen molar-refractivity contribution in [1.82, 2.24) is 4.90 Å². The van der Waals surface area contributed by atoms with E-state index in [1.807, 2.05) is 6.07 Å². The Kier molecular flexibility index (Phi) is 3.16. The molecule has 1 aromatic rings. The van der Waals surface area contributed by atoms with E-state index in [1.54, 1.807) is 6.07 Å². The second-order valence-electron chi connectivity index (χ2n) is 3.76. The SMILES string of the molecule is COC(=O)N1C=Cc2c(cccc2[N+](=O)[O-])[C@@H]1C#N. The Balaban J connectivity index is 2.57. The first kappa shape index (κ1) is 12.6. The van der Waals surface area contributed by atoms with Crippen LogP contribution >= 0.6 is 0 Å². The van der Waals surface area contributed by atoms with E-state index in [0.29, 0.717) is 11.1 Å². The quantitative estimate of drug-likeness (QED) is 0.569. The first-order valence-electron chi connectivity index (χ1n) is 5.31. The van der Waals surface area contributed by atoms with Crippen LogP contribution < -0.4 is 0 Å². The lowest BCUT2D eigenvalue weighted by Gasteiger charge is -2.26. The van der Waals surface area contributed by atoms with Crippen LogP contribution in [0.3, 0.4) is 0 Å². The highest BCUT2D eigenvalue weighted by atomic mass is 16.6. The van der Waals surface area contributed by atoms with Crippen LogP contribution in [0.15, 0.2) is 24.4 Å². The lowest BCUT2D eigenvalue weighted by molar-refractivity contribution is -0.385. The zero-order valence-corrected chi connectivity index (χ0v) is 9.94. The Labute approximate surface area is 108 Å². The molecule has 1 aromatic carbocycles. The number of hydrogen-bond donors (Lipinski definition) is 0. The monoisotopic (exact) mass is 259 g/mol. The highest BCUT2D eigenvalue weighted by molar-refractivity contribution is 5.76. The summed E-state index contributed by atoms with van der Waals surface area (Å²) >= 11 is 0. The molecule has 0 aliphatic carbocycles. The van der Waals surface area contributed by atoms with Gasteiger partial charge < -0.3 is 4.74 Å². The molecule has 0 aromatic heterocycles. The van der Waals surface area contributed by atoms with Gasteiger partial charge in [-0.2, -0.15) is 5.26 Å². The number of ether oxygens (including phenoxy) is 1. The van der Waals surface area contributed by atoms with Crippen LogP contribution in [-0.4, -0.2) is 23.0 Å². The second-order valence-corrected chi connectivity index (χ2v) is 3.76. The minimum atomic E-state index is -0.938. The Morgan fingerprint density at radius 1 is 1.58 bits per heavy atom. The number of nitro groups is 1. The van der Waals surface area contributed by atoms with Gasteiger partial charge in [0, 0.05) is 17.8 Å². The summed E-state index contributed by atoms with van der Waals surface area (Å²) in [7, 11) is 1.20. The number of amides is 1. The van der Waals surface area contributed by atoms with Crippen LogP contribution in [0.4, 0.5) is 10.5 Å². The number of methoxy groups -OCH3 is 1. The number of fused-ring (bicyclic) bond motifs is 1. The standard InChI is InChI=1S/C12H9N3O4/c1-19-12(16)14-6-5-9-8(11(14)7-13)3-2-4-10(9)15(17)18/h2-6,11H,1H3/t11-/m0/s1. The maximum absolute atomic E-state index is 11.5. The van der Waals surface area contributed by atoms with E-state index in [9.17, 15) is 20.2 Å². The lowest BCUT2D eigenvalue weighted by Crippen LogP contribution is -2.31. The van der Waals surface area contributed by atoms with Crippen LogP contribution in [0.5, 0.6) is 0 Å². The van der Waals surface area contributed by atoms with Gasteiger partial charge in [-0.25, -0.2) is 4.79 Å². The Hall–Kier alpha value is -2.88. The molecule has 0 radical (unpaired) electrons. The zero-order chi connectivity index (χ0) is 14.0. The minimum absolute atomic E-state index is 0.0986. The lowest BCUT2D eigenvalue weighted by atomic mass is 9.96. The molecular formula is C12H9N3O4. The third-order valence-corrected chi connectivity index (χ3v) is 2.80. The fourth-order valence-electron chi connectivity index (χ4n) is 1.94. The summed E-state index contributed by atoms with van der Waals surface area (Å²) in [6.07, 6.45) is 2.05. The van der Waals surface area contributed by atoms with E-state index in [1.165, 1.54) is 31.5 Å². The molecule has 0 saturated carbocycles. The van der Waals surface area contributed by atoms with E-state index in [0.717, 1.165) is 4.90 Å². The van der Waals surface area contributed by atoms with Crippen molar-refractivity contribution in [2.45, 2.75) is 6.04 Å². The molecular weight excluding hydrogens is 250 g/mol. The number of nitriles is 1. The molecule has 1 aliphatic heterocycles. The third-order valence-electron chi connectivity index (χ3n) is 2.80. The Morgan fingerprint density at radius 3 is 2.89 bits per heavy atom. The van der Waals surface area contributed by atoms with Crippen molar-refractivity contribution in [2.24, 2.45) is 0 Å². The van der Waals surface area contributed by atoms with E-state index in [-0.39, 0.29) is 5.69 Å². The largest absolute Gasteiger partial charge is 0.452 e. The van der Waals surface area contributed by atoms with E-state index >= 15 is 0 Å². The fourth-order valence-corrected chi connectivity index (χ4v) is 1.94. The number of hydrogen-bond acceptors (Lipinski definition) is 5. The van der Waals surface area contributed by atoms with Crippen molar-refractivity contribution in [3.8, 4) is 6.07 Å². The molecule has 2 rings (SSSR count). The van der Waals surface area contributed by atoms with Gasteiger partial charge in [0.1, 0.15) is 0 Å². The first-order chi connectivity index (χ1) is 9.10. The van der Waals surface area contributed by atoms with Crippen molar-refractivity contribution < 1.29 is 14.5 Å². The summed E-state index contributed by atoms with van der Waals surface area (Å²) in [6.45, 7) is 0. The molecule has 19 heavy (non-hydrogen) atoms. The van der Waals surface area contributed by atoms with Crippen LogP contribution in [0.1, 0.15) is 17.2 Å². The highest BCUT2D eigenvalue weighted by Gasteiger charge is 2.31.